The highest BCUT2D eigenvalue weighted by Crippen LogP contribution is 2.23. The Morgan fingerprint density at radius 2 is 2.04 bits per heavy atom. The first-order valence-electron chi connectivity index (χ1n) is 7.88. The maximum Gasteiger partial charge on any atom is 0.223 e. The third kappa shape index (κ3) is 5.04. The number of benzene rings is 1. The van der Waals surface area contributed by atoms with Gasteiger partial charge in [-0.15, -0.1) is 0 Å². The summed E-state index contributed by atoms with van der Waals surface area (Å²) in [5.41, 5.74) is 1.92. The Morgan fingerprint density at radius 1 is 1.35 bits per heavy atom. The van der Waals surface area contributed by atoms with E-state index in [1.807, 2.05) is 25.1 Å². The first-order valence-corrected chi connectivity index (χ1v) is 8.68. The lowest BCUT2D eigenvalue weighted by Gasteiger charge is -2.24. The highest BCUT2D eigenvalue weighted by Gasteiger charge is 2.21. The average molecular weight is 383 g/mol. The summed E-state index contributed by atoms with van der Waals surface area (Å²) < 4.78 is 6.28. The zero-order valence-corrected chi connectivity index (χ0v) is 15.2. The molecule has 126 valence electrons. The molecule has 0 spiro atoms. The van der Waals surface area contributed by atoms with Crippen molar-refractivity contribution in [1.29, 1.82) is 0 Å². The highest BCUT2D eigenvalue weighted by atomic mass is 79.9. The lowest BCUT2D eigenvalue weighted by molar-refractivity contribution is -0.127. The zero-order chi connectivity index (χ0) is 16.8. The molecule has 1 N–H and O–H groups in total. The molecule has 1 saturated heterocycles. The molecule has 0 aliphatic carbocycles. The monoisotopic (exact) mass is 382 g/mol. The number of nitrogens with one attached hydrogen (secondary N) is 1. The predicted molar refractivity (Wildman–Crippen MR) is 93.5 cm³/mol. The smallest absolute Gasteiger partial charge is 0.223 e. The van der Waals surface area contributed by atoms with Crippen molar-refractivity contribution < 1.29 is 14.3 Å². The van der Waals surface area contributed by atoms with Gasteiger partial charge < -0.3 is 15.0 Å². The summed E-state index contributed by atoms with van der Waals surface area (Å²) in [5.74, 6) is 0.0558. The fourth-order valence-corrected chi connectivity index (χ4v) is 2.91. The van der Waals surface area contributed by atoms with E-state index >= 15 is 0 Å². The molecule has 23 heavy (non-hydrogen) atoms. The van der Waals surface area contributed by atoms with Crippen molar-refractivity contribution in [2.24, 2.45) is 5.92 Å². The number of amides is 2. The second kappa shape index (κ2) is 8.45. The van der Waals surface area contributed by atoms with Crippen LogP contribution in [0.2, 0.25) is 0 Å². The third-order valence-electron chi connectivity index (χ3n) is 4.06. The Hall–Kier alpha value is -1.40. The van der Waals surface area contributed by atoms with Crippen LogP contribution in [0.15, 0.2) is 22.7 Å². The average Bonchev–Trinajstić information content (AvgIpc) is 2.54. The van der Waals surface area contributed by atoms with Gasteiger partial charge in [0.15, 0.2) is 0 Å². The van der Waals surface area contributed by atoms with E-state index in [0.29, 0.717) is 26.3 Å². The number of hydrogen-bond acceptors (Lipinski definition) is 3. The molecular weight excluding hydrogens is 360 g/mol. The molecule has 6 heteroatoms. The summed E-state index contributed by atoms with van der Waals surface area (Å²) in [5, 5.41) is 2.94. The van der Waals surface area contributed by atoms with E-state index in [0.717, 1.165) is 28.6 Å². The fraction of sp³-hybridized carbons (Fsp3) is 0.529. The van der Waals surface area contributed by atoms with Crippen molar-refractivity contribution in [2.75, 3.05) is 31.2 Å². The number of aryl methyl sites for hydroxylation is 1. The van der Waals surface area contributed by atoms with Gasteiger partial charge in [-0.3, -0.25) is 9.59 Å². The second-order valence-electron chi connectivity index (χ2n) is 5.78. The van der Waals surface area contributed by atoms with Crippen LogP contribution in [0.25, 0.3) is 0 Å². The summed E-state index contributed by atoms with van der Waals surface area (Å²) in [7, 11) is 0. The van der Waals surface area contributed by atoms with Gasteiger partial charge in [-0.1, -0.05) is 15.9 Å². The predicted octanol–water partition coefficient (Wildman–Crippen LogP) is 2.65. The number of halogens is 1. The normalized spacial score (nSPS) is 15.3. The van der Waals surface area contributed by atoms with Crippen LogP contribution in [-0.2, 0) is 14.3 Å². The van der Waals surface area contributed by atoms with Gasteiger partial charge in [0.05, 0.1) is 0 Å². The SMILES string of the molecule is CC(=O)N(CCNC(=O)C1CCOCC1)c1ccc(Br)c(C)c1. The van der Waals surface area contributed by atoms with E-state index in [1.165, 1.54) is 6.92 Å². The van der Waals surface area contributed by atoms with E-state index in [1.54, 1.807) is 4.90 Å². The van der Waals surface area contributed by atoms with Crippen LogP contribution >= 0.6 is 15.9 Å². The van der Waals surface area contributed by atoms with Crippen molar-refractivity contribution in [2.45, 2.75) is 26.7 Å². The molecule has 0 bridgehead atoms. The number of hydrogen-bond donors (Lipinski definition) is 1. The Balaban J connectivity index is 1.91. The topological polar surface area (TPSA) is 58.6 Å². The van der Waals surface area contributed by atoms with E-state index in [2.05, 4.69) is 21.2 Å². The van der Waals surface area contributed by atoms with Crippen LogP contribution in [0.4, 0.5) is 5.69 Å². The molecule has 1 fully saturated rings. The first kappa shape index (κ1) is 17.9. The molecule has 0 unspecified atom stereocenters. The molecule has 1 aromatic carbocycles. The number of ether oxygens (including phenoxy) is 1. The van der Waals surface area contributed by atoms with Crippen LogP contribution in [0.5, 0.6) is 0 Å². The molecule has 1 aromatic rings. The number of nitrogens with zero attached hydrogens (tertiary/aromatic N) is 1. The summed E-state index contributed by atoms with van der Waals surface area (Å²) in [6, 6.07) is 5.80. The van der Waals surface area contributed by atoms with Crippen molar-refractivity contribution in [3.8, 4) is 0 Å². The van der Waals surface area contributed by atoms with Crippen LogP contribution in [-0.4, -0.2) is 38.1 Å². The van der Waals surface area contributed by atoms with Gasteiger partial charge in [0.1, 0.15) is 0 Å². The molecule has 5 nitrogen and oxygen atoms in total. The lowest BCUT2D eigenvalue weighted by Crippen LogP contribution is -2.40. The molecule has 1 aliphatic heterocycles. The van der Waals surface area contributed by atoms with E-state index in [-0.39, 0.29) is 17.7 Å². The van der Waals surface area contributed by atoms with Gasteiger partial charge in [-0.05, 0) is 43.5 Å². The third-order valence-corrected chi connectivity index (χ3v) is 4.95. The minimum absolute atomic E-state index is 0.0319. The summed E-state index contributed by atoms with van der Waals surface area (Å²) in [6.07, 6.45) is 1.54. The number of carbonyl (C=O) groups excluding carboxylic acids is 2. The van der Waals surface area contributed by atoms with Gasteiger partial charge in [0.2, 0.25) is 11.8 Å². The number of rotatable bonds is 5. The molecule has 0 saturated carbocycles. The van der Waals surface area contributed by atoms with Crippen LogP contribution < -0.4 is 10.2 Å². The van der Waals surface area contributed by atoms with Gasteiger partial charge in [-0.25, -0.2) is 0 Å². The Morgan fingerprint density at radius 3 is 2.65 bits per heavy atom. The minimum atomic E-state index is -0.0352. The zero-order valence-electron chi connectivity index (χ0n) is 13.6. The van der Waals surface area contributed by atoms with Gasteiger partial charge in [0.25, 0.3) is 0 Å². The van der Waals surface area contributed by atoms with Crippen LogP contribution in [0.3, 0.4) is 0 Å². The summed E-state index contributed by atoms with van der Waals surface area (Å²) in [4.78, 5) is 25.7. The van der Waals surface area contributed by atoms with Crippen molar-refractivity contribution in [1.82, 2.24) is 5.32 Å². The van der Waals surface area contributed by atoms with Crippen molar-refractivity contribution in [3.05, 3.63) is 28.2 Å². The molecule has 0 radical (unpaired) electrons. The Labute approximate surface area is 145 Å². The molecule has 0 atom stereocenters. The van der Waals surface area contributed by atoms with Gasteiger partial charge >= 0.3 is 0 Å². The fourth-order valence-electron chi connectivity index (χ4n) is 2.66. The van der Waals surface area contributed by atoms with Crippen molar-refractivity contribution in [3.63, 3.8) is 0 Å². The maximum atomic E-state index is 12.1. The standard InChI is InChI=1S/C17H23BrN2O3/c1-12-11-15(3-4-16(12)18)20(13(2)21)8-7-19-17(22)14-5-9-23-10-6-14/h3-4,11,14H,5-10H2,1-2H3,(H,19,22). The summed E-state index contributed by atoms with van der Waals surface area (Å²) in [6.45, 7) is 5.73. The highest BCUT2D eigenvalue weighted by molar-refractivity contribution is 9.10. The Kier molecular flexibility index (Phi) is 6.59. The second-order valence-corrected chi connectivity index (χ2v) is 6.64. The molecule has 2 amide bonds. The Bertz CT molecular complexity index is 571. The largest absolute Gasteiger partial charge is 0.381 e. The van der Waals surface area contributed by atoms with E-state index in [9.17, 15) is 9.59 Å². The quantitative estimate of drug-likeness (QED) is 0.851. The van der Waals surface area contributed by atoms with Crippen molar-refractivity contribution >= 4 is 33.4 Å². The van der Waals surface area contributed by atoms with E-state index in [4.69, 9.17) is 4.74 Å². The van der Waals surface area contributed by atoms with E-state index < -0.39 is 0 Å². The molecule has 1 heterocycles. The number of carbonyl (C=O) groups is 2. The minimum Gasteiger partial charge on any atom is -0.381 e. The molecule has 2 rings (SSSR count). The van der Waals surface area contributed by atoms with Crippen LogP contribution in [0.1, 0.15) is 25.3 Å². The van der Waals surface area contributed by atoms with Crippen LogP contribution in [0, 0.1) is 12.8 Å². The molecule has 1 aliphatic rings. The first-order chi connectivity index (χ1) is 11.0. The molecule has 0 aromatic heterocycles. The maximum absolute atomic E-state index is 12.1. The lowest BCUT2D eigenvalue weighted by atomic mass is 9.99. The van der Waals surface area contributed by atoms with Gasteiger partial charge in [0, 0.05) is 49.3 Å². The summed E-state index contributed by atoms with van der Waals surface area (Å²) >= 11 is 3.46. The van der Waals surface area contributed by atoms with Gasteiger partial charge in [-0.2, -0.15) is 0 Å². The number of anilines is 1. The molecular formula is C17H23BrN2O3.